The summed E-state index contributed by atoms with van der Waals surface area (Å²) in [6.07, 6.45) is 0. The van der Waals surface area contributed by atoms with E-state index in [4.69, 9.17) is 4.74 Å². The molecule has 0 spiro atoms. The number of carboxylic acids is 1. The SMILES string of the molecule is CO[C@@]1(NC(=O)C(C)Br)C(=O)N2C(C(=O)O)=C(CSc3nnnn3C)CS[C@H]21. The van der Waals surface area contributed by atoms with Crippen LogP contribution in [0.2, 0.25) is 0 Å². The standard InChI is InChI=1S/C14H17BrN6O5S2/c1-6(15)9(22)16-14(26-3)11(25)21-8(10(23)24)7(4-27-12(14)21)5-28-13-17-18-19-20(13)2/h6,12H,4-5H2,1-3H3,(H,16,22)(H,23,24)/t6?,12-,14-/m0/s1. The van der Waals surface area contributed by atoms with Crippen LogP contribution in [0.15, 0.2) is 16.4 Å². The number of aliphatic carboxylic acids is 1. The van der Waals surface area contributed by atoms with Gasteiger partial charge in [-0.15, -0.1) is 16.9 Å². The average molecular weight is 493 g/mol. The number of fused-ring (bicyclic) bond motifs is 1. The van der Waals surface area contributed by atoms with Gasteiger partial charge in [0.25, 0.3) is 11.6 Å². The number of nitrogens with zero attached hydrogens (tertiary/aromatic N) is 5. The number of amides is 2. The summed E-state index contributed by atoms with van der Waals surface area (Å²) in [5.74, 6) is -1.58. The number of carboxylic acid groups (broad SMARTS) is 1. The number of tetrazole rings is 1. The van der Waals surface area contributed by atoms with E-state index in [1.165, 1.54) is 40.2 Å². The number of nitrogens with one attached hydrogen (secondary N) is 1. The van der Waals surface area contributed by atoms with Crippen LogP contribution < -0.4 is 5.32 Å². The second kappa shape index (κ2) is 8.00. The number of carbonyl (C=O) groups excluding carboxylic acids is 2. The molecule has 1 aromatic rings. The number of hydrogen-bond acceptors (Lipinski definition) is 9. The molecule has 2 aliphatic rings. The molecule has 2 amide bonds. The number of halogens is 1. The van der Waals surface area contributed by atoms with E-state index in [0.717, 1.165) is 0 Å². The zero-order valence-corrected chi connectivity index (χ0v) is 18.3. The Hall–Kier alpha value is -1.64. The van der Waals surface area contributed by atoms with E-state index in [2.05, 4.69) is 36.8 Å². The summed E-state index contributed by atoms with van der Waals surface area (Å²) < 4.78 is 6.84. The fourth-order valence-electron chi connectivity index (χ4n) is 2.83. The van der Waals surface area contributed by atoms with Crippen LogP contribution in [-0.4, -0.2) is 82.5 Å². The molecular weight excluding hydrogens is 476 g/mol. The summed E-state index contributed by atoms with van der Waals surface area (Å²) >= 11 is 5.76. The molecule has 0 aliphatic carbocycles. The Morgan fingerprint density at radius 1 is 1.57 bits per heavy atom. The minimum absolute atomic E-state index is 0.0924. The fraction of sp³-hybridized carbons (Fsp3) is 0.571. The Balaban J connectivity index is 1.85. The van der Waals surface area contributed by atoms with E-state index in [9.17, 15) is 19.5 Å². The molecule has 11 nitrogen and oxygen atoms in total. The fourth-order valence-corrected chi connectivity index (χ4v) is 5.37. The molecule has 152 valence electrons. The maximum absolute atomic E-state index is 12.9. The second-order valence-electron chi connectivity index (χ2n) is 6.01. The number of methoxy groups -OCH3 is 1. The van der Waals surface area contributed by atoms with Crippen LogP contribution in [-0.2, 0) is 26.2 Å². The third-order valence-electron chi connectivity index (χ3n) is 4.26. The van der Waals surface area contributed by atoms with Crippen LogP contribution in [0.3, 0.4) is 0 Å². The summed E-state index contributed by atoms with van der Waals surface area (Å²) in [5, 5.41) is 23.3. The minimum Gasteiger partial charge on any atom is -0.477 e. The van der Waals surface area contributed by atoms with Crippen LogP contribution in [0.5, 0.6) is 0 Å². The summed E-state index contributed by atoms with van der Waals surface area (Å²) in [6, 6.07) is 0. The van der Waals surface area contributed by atoms with E-state index in [1.807, 2.05) is 0 Å². The van der Waals surface area contributed by atoms with Crippen molar-refractivity contribution in [2.45, 2.75) is 28.0 Å². The van der Waals surface area contributed by atoms with Crippen molar-refractivity contribution in [3.05, 3.63) is 11.3 Å². The summed E-state index contributed by atoms with van der Waals surface area (Å²) in [5.41, 5.74) is -1.11. The van der Waals surface area contributed by atoms with E-state index >= 15 is 0 Å². The van der Waals surface area contributed by atoms with Crippen LogP contribution >= 0.6 is 39.5 Å². The smallest absolute Gasteiger partial charge is 0.352 e. The van der Waals surface area contributed by atoms with Gasteiger partial charge in [0, 0.05) is 25.7 Å². The molecule has 2 N–H and O–H groups in total. The first-order chi connectivity index (χ1) is 13.2. The molecule has 1 saturated heterocycles. The molecule has 1 unspecified atom stereocenters. The number of alkyl halides is 1. The van der Waals surface area contributed by atoms with Gasteiger partial charge >= 0.3 is 5.97 Å². The zero-order chi connectivity index (χ0) is 20.6. The van der Waals surface area contributed by atoms with Gasteiger partial charge in [-0.25, -0.2) is 9.48 Å². The number of aryl methyl sites for hydroxylation is 1. The Kier molecular flexibility index (Phi) is 6.03. The van der Waals surface area contributed by atoms with Gasteiger partial charge in [-0.1, -0.05) is 27.7 Å². The Morgan fingerprint density at radius 2 is 2.29 bits per heavy atom. The van der Waals surface area contributed by atoms with Crippen molar-refractivity contribution >= 4 is 57.2 Å². The normalized spacial score (nSPS) is 25.2. The van der Waals surface area contributed by atoms with Gasteiger partial charge in [0.1, 0.15) is 11.1 Å². The van der Waals surface area contributed by atoms with Gasteiger partial charge < -0.3 is 15.2 Å². The molecule has 2 aliphatic heterocycles. The molecule has 3 rings (SSSR count). The maximum Gasteiger partial charge on any atom is 0.352 e. The van der Waals surface area contributed by atoms with Gasteiger partial charge in [0.15, 0.2) is 0 Å². The molecule has 0 saturated carbocycles. The van der Waals surface area contributed by atoms with Gasteiger partial charge in [0.2, 0.25) is 11.1 Å². The second-order valence-corrected chi connectivity index (χ2v) is 9.40. The minimum atomic E-state index is -1.59. The molecule has 3 heterocycles. The van der Waals surface area contributed by atoms with Crippen LogP contribution in [0.4, 0.5) is 0 Å². The van der Waals surface area contributed by atoms with Crippen LogP contribution in [0, 0.1) is 0 Å². The lowest BCUT2D eigenvalue weighted by Gasteiger charge is -2.55. The highest BCUT2D eigenvalue weighted by atomic mass is 79.9. The topological polar surface area (TPSA) is 140 Å². The lowest BCUT2D eigenvalue weighted by atomic mass is 9.98. The highest BCUT2D eigenvalue weighted by Gasteiger charge is 2.66. The Morgan fingerprint density at radius 3 is 2.82 bits per heavy atom. The maximum atomic E-state index is 12.9. The molecule has 1 fully saturated rings. The lowest BCUT2D eigenvalue weighted by molar-refractivity contribution is -0.192. The predicted molar refractivity (Wildman–Crippen MR) is 104 cm³/mol. The van der Waals surface area contributed by atoms with Crippen molar-refractivity contribution in [3.8, 4) is 0 Å². The number of thioether (sulfide) groups is 2. The Labute approximate surface area is 176 Å². The van der Waals surface area contributed by atoms with Gasteiger partial charge in [0.05, 0.1) is 4.83 Å². The van der Waals surface area contributed by atoms with Gasteiger partial charge in [-0.2, -0.15) is 0 Å². The van der Waals surface area contributed by atoms with Crippen LogP contribution in [0.1, 0.15) is 6.92 Å². The molecule has 14 heteroatoms. The molecule has 0 radical (unpaired) electrons. The number of β-lactam (4-membered cyclic amide) rings is 1. The first-order valence-corrected chi connectivity index (χ1v) is 10.9. The third-order valence-corrected chi connectivity index (χ3v) is 7.15. The average Bonchev–Trinajstić information content (AvgIpc) is 3.07. The monoisotopic (exact) mass is 492 g/mol. The van der Waals surface area contributed by atoms with Crippen molar-refractivity contribution in [1.82, 2.24) is 30.4 Å². The first kappa shape index (κ1) is 21.1. The van der Waals surface area contributed by atoms with Crippen molar-refractivity contribution in [1.29, 1.82) is 0 Å². The number of carbonyl (C=O) groups is 3. The van der Waals surface area contributed by atoms with E-state index in [-0.39, 0.29) is 5.70 Å². The zero-order valence-electron chi connectivity index (χ0n) is 15.1. The summed E-state index contributed by atoms with van der Waals surface area (Å²) in [6.45, 7) is 1.62. The largest absolute Gasteiger partial charge is 0.477 e. The number of hydrogen-bond donors (Lipinski definition) is 2. The lowest BCUT2D eigenvalue weighted by Crippen LogP contribution is -2.81. The predicted octanol–water partition coefficient (Wildman–Crippen LogP) is -0.202. The molecule has 3 atom stereocenters. The van der Waals surface area contributed by atoms with Crippen molar-refractivity contribution < 1.29 is 24.2 Å². The van der Waals surface area contributed by atoms with Crippen molar-refractivity contribution in [3.63, 3.8) is 0 Å². The molecular formula is C14H17BrN6O5S2. The quantitative estimate of drug-likeness (QED) is 0.227. The molecule has 28 heavy (non-hydrogen) atoms. The van der Waals surface area contributed by atoms with Crippen LogP contribution in [0.25, 0.3) is 0 Å². The van der Waals surface area contributed by atoms with E-state index in [1.54, 1.807) is 14.0 Å². The van der Waals surface area contributed by atoms with Gasteiger partial charge in [-0.05, 0) is 22.9 Å². The Bertz CT molecular complexity index is 861. The van der Waals surface area contributed by atoms with E-state index in [0.29, 0.717) is 22.2 Å². The first-order valence-electron chi connectivity index (χ1n) is 8.00. The summed E-state index contributed by atoms with van der Waals surface area (Å²) in [4.78, 5) is 37.5. The third kappa shape index (κ3) is 3.42. The molecule has 1 aromatic heterocycles. The number of ether oxygens (including phenoxy) is 1. The molecule has 0 aromatic carbocycles. The van der Waals surface area contributed by atoms with Crippen molar-refractivity contribution in [2.75, 3.05) is 18.6 Å². The number of rotatable bonds is 7. The summed E-state index contributed by atoms with van der Waals surface area (Å²) in [7, 11) is 2.99. The van der Waals surface area contributed by atoms with Crippen molar-refractivity contribution in [2.24, 2.45) is 7.05 Å². The highest BCUT2D eigenvalue weighted by Crippen LogP contribution is 2.47. The molecule has 0 bridgehead atoms. The number of aromatic nitrogens is 4. The van der Waals surface area contributed by atoms with Gasteiger partial charge in [-0.3, -0.25) is 14.5 Å². The van der Waals surface area contributed by atoms with E-state index < -0.39 is 33.7 Å². The highest BCUT2D eigenvalue weighted by molar-refractivity contribution is 9.10.